The zero-order valence-corrected chi connectivity index (χ0v) is 34.0. The van der Waals surface area contributed by atoms with Crippen LogP contribution in [0.4, 0.5) is 0 Å². The lowest BCUT2D eigenvalue weighted by molar-refractivity contribution is -0.135. The highest BCUT2D eigenvalue weighted by Gasteiger charge is 2.34. The Morgan fingerprint density at radius 1 is 0.678 bits per heavy atom. The number of hydrogen-bond donors (Lipinski definition) is 9. The van der Waals surface area contributed by atoms with Crippen molar-refractivity contribution >= 4 is 41.4 Å². The molecule has 0 spiro atoms. The maximum Gasteiger partial charge on any atom is 0.243 e. The second-order valence-electron chi connectivity index (χ2n) is 15.1. The minimum absolute atomic E-state index is 0.0226. The van der Waals surface area contributed by atoms with Crippen LogP contribution >= 0.6 is 0 Å². The van der Waals surface area contributed by atoms with E-state index < -0.39 is 77.6 Å². The quantitative estimate of drug-likeness (QED) is 0.0292. The molecule has 1 aromatic heterocycles. The molecule has 6 atom stereocenters. The highest BCUT2D eigenvalue weighted by Crippen LogP contribution is 2.12. The first-order chi connectivity index (χ1) is 28.0. The summed E-state index contributed by atoms with van der Waals surface area (Å²) in [6.45, 7) is 7.37. The lowest BCUT2D eigenvalue weighted by Crippen LogP contribution is -2.60. The first-order valence-electron chi connectivity index (χ1n) is 19.6. The zero-order valence-electron chi connectivity index (χ0n) is 34.0. The van der Waals surface area contributed by atoms with Crippen LogP contribution in [-0.2, 0) is 48.2 Å². The largest absolute Gasteiger partial charge is 0.370 e. The van der Waals surface area contributed by atoms with Gasteiger partial charge in [-0.1, -0.05) is 88.4 Å². The summed E-state index contributed by atoms with van der Waals surface area (Å²) in [7, 11) is 0. The first-order valence-corrected chi connectivity index (χ1v) is 19.6. The van der Waals surface area contributed by atoms with Gasteiger partial charge in [-0.25, -0.2) is 4.98 Å². The third kappa shape index (κ3) is 16.6. The number of amides is 6. The molecule has 3 aromatic rings. The van der Waals surface area contributed by atoms with Crippen LogP contribution in [-0.4, -0.2) is 99.0 Å². The normalized spacial score (nSPS) is 14.2. The third-order valence-corrected chi connectivity index (χ3v) is 9.21. The van der Waals surface area contributed by atoms with E-state index in [1.165, 1.54) is 17.3 Å². The summed E-state index contributed by atoms with van der Waals surface area (Å²) in [6.07, 6.45) is 3.41. The summed E-state index contributed by atoms with van der Waals surface area (Å²) in [5.74, 6) is -4.68. The number of primary amides is 1. The Hall–Kier alpha value is -6.37. The number of nitrogens with zero attached hydrogens (tertiary/aromatic N) is 4. The molecule has 320 valence electrons. The zero-order chi connectivity index (χ0) is 43.5. The van der Waals surface area contributed by atoms with Crippen molar-refractivity contribution in [1.29, 1.82) is 0 Å². The number of carbonyl (C=O) groups is 6. The van der Waals surface area contributed by atoms with Gasteiger partial charge in [-0.05, 0) is 42.2 Å². The molecule has 13 N–H and O–H groups in total. The number of carbonyl (C=O) groups excluding carboxylic acids is 6. The summed E-state index contributed by atoms with van der Waals surface area (Å²) in [5.41, 5.74) is 24.2. The molecule has 0 aliphatic carbocycles. The Bertz CT molecular complexity index is 1840. The highest BCUT2D eigenvalue weighted by atomic mass is 16.2. The Labute approximate surface area is 344 Å². The number of nitrogens with two attached hydrogens (primary N) is 4. The second kappa shape index (κ2) is 23.8. The number of benzene rings is 2. The van der Waals surface area contributed by atoms with E-state index in [1.807, 2.05) is 26.0 Å². The molecule has 0 aliphatic heterocycles. The molecule has 3 rings (SSSR count). The van der Waals surface area contributed by atoms with Gasteiger partial charge in [0.2, 0.25) is 35.4 Å². The fourth-order valence-electron chi connectivity index (χ4n) is 6.09. The van der Waals surface area contributed by atoms with Crippen molar-refractivity contribution in [3.8, 4) is 0 Å². The molecule has 19 nitrogen and oxygen atoms in total. The minimum Gasteiger partial charge on any atom is -0.370 e. The molecule has 0 saturated heterocycles. The average Bonchev–Trinajstić information content (AvgIpc) is 3.70. The molecule has 6 amide bonds. The van der Waals surface area contributed by atoms with E-state index in [0.717, 1.165) is 11.1 Å². The van der Waals surface area contributed by atoms with Crippen molar-refractivity contribution in [1.82, 2.24) is 41.3 Å². The molecule has 0 fully saturated rings. The van der Waals surface area contributed by atoms with Crippen LogP contribution in [0.25, 0.3) is 0 Å². The molecule has 0 radical (unpaired) electrons. The number of rotatable bonds is 24. The van der Waals surface area contributed by atoms with Crippen LogP contribution in [0, 0.1) is 11.8 Å². The van der Waals surface area contributed by atoms with Crippen LogP contribution in [0.15, 0.2) is 78.3 Å². The molecule has 0 bridgehead atoms. The van der Waals surface area contributed by atoms with Crippen LogP contribution < -0.4 is 49.5 Å². The molecule has 59 heavy (non-hydrogen) atoms. The number of nitrogens with one attached hydrogen (secondary N) is 5. The monoisotopic (exact) mass is 817 g/mol. The number of aliphatic imine (C=N–C) groups is 1. The van der Waals surface area contributed by atoms with Crippen molar-refractivity contribution in [2.75, 3.05) is 6.54 Å². The lowest BCUT2D eigenvalue weighted by atomic mass is 9.99. The summed E-state index contributed by atoms with van der Waals surface area (Å²) in [6, 6.07) is 11.2. The third-order valence-electron chi connectivity index (χ3n) is 9.21. The summed E-state index contributed by atoms with van der Waals surface area (Å²) < 4.78 is 1.39. The Kier molecular flexibility index (Phi) is 18.9. The maximum atomic E-state index is 14.2. The molecule has 0 saturated carbocycles. The SMILES string of the molecule is CC(C)C[C@H](NC(=O)[C@H](Cc1ccccc1)NC(=O)[C@@H](NC(=O)[C@@H](N)Cn1cncn1)C(C)C)C(=O)N[C@@H](CCCN=C(N)N)C(=O)N[C@@H](Cc1ccccc1)C(N)=O. The van der Waals surface area contributed by atoms with Gasteiger partial charge in [-0.2, -0.15) is 5.10 Å². The van der Waals surface area contributed by atoms with Gasteiger partial charge >= 0.3 is 0 Å². The number of guanidine groups is 1. The van der Waals surface area contributed by atoms with E-state index in [4.69, 9.17) is 22.9 Å². The van der Waals surface area contributed by atoms with Gasteiger partial charge in [0.1, 0.15) is 48.9 Å². The smallest absolute Gasteiger partial charge is 0.243 e. The molecule has 1 heterocycles. The highest BCUT2D eigenvalue weighted by molar-refractivity contribution is 5.96. The van der Waals surface area contributed by atoms with Crippen molar-refractivity contribution in [2.45, 2.75) is 103 Å². The van der Waals surface area contributed by atoms with E-state index in [1.54, 1.807) is 62.4 Å². The number of hydrogen-bond acceptors (Lipinski definition) is 10. The van der Waals surface area contributed by atoms with Gasteiger partial charge in [-0.15, -0.1) is 0 Å². The van der Waals surface area contributed by atoms with E-state index in [2.05, 4.69) is 41.7 Å². The van der Waals surface area contributed by atoms with E-state index in [9.17, 15) is 28.8 Å². The van der Waals surface area contributed by atoms with E-state index in [0.29, 0.717) is 0 Å². The molecular formula is C40H59N13O6. The Morgan fingerprint density at radius 2 is 1.20 bits per heavy atom. The molecule has 0 aliphatic rings. The standard InChI is InChI=1S/C40H59N13O6/c1-24(2)18-31(37(57)48-29(16-11-17-46-40(43)44)36(56)49-30(34(42)54)19-26-12-7-5-8-13-26)50-38(58)32(20-27-14-9-6-10-15-27)51-39(59)33(25(3)4)52-35(55)28(41)21-53-23-45-22-47-53/h5-10,12-15,22-25,28-33H,11,16-21,41H2,1-4H3,(H2,42,54)(H,48,57)(H,49,56)(H,50,58)(H,51,59)(H,52,55)(H4,43,44,46)/t28-,29-,30-,31-,32-,33-/m0/s1. The fraction of sp³-hybridized carbons (Fsp3) is 0.475. The lowest BCUT2D eigenvalue weighted by Gasteiger charge is -2.29. The summed E-state index contributed by atoms with van der Waals surface area (Å²) in [4.78, 5) is 89.1. The van der Waals surface area contributed by atoms with Crippen LogP contribution in [0.3, 0.4) is 0 Å². The van der Waals surface area contributed by atoms with Crippen LogP contribution in [0.5, 0.6) is 0 Å². The molecule has 0 unspecified atom stereocenters. The van der Waals surface area contributed by atoms with Gasteiger partial charge in [0.05, 0.1) is 6.54 Å². The van der Waals surface area contributed by atoms with Gasteiger partial charge < -0.3 is 49.5 Å². The first kappa shape index (κ1) is 47.0. The molecular weight excluding hydrogens is 759 g/mol. The summed E-state index contributed by atoms with van der Waals surface area (Å²) >= 11 is 0. The maximum absolute atomic E-state index is 14.2. The van der Waals surface area contributed by atoms with Crippen molar-refractivity contribution in [3.63, 3.8) is 0 Å². The van der Waals surface area contributed by atoms with E-state index in [-0.39, 0.29) is 57.1 Å². The number of aromatic nitrogens is 3. The van der Waals surface area contributed by atoms with Crippen molar-refractivity contribution in [2.24, 2.45) is 39.8 Å². The van der Waals surface area contributed by atoms with Crippen LogP contribution in [0.1, 0.15) is 58.1 Å². The van der Waals surface area contributed by atoms with Gasteiger partial charge in [0, 0.05) is 19.4 Å². The van der Waals surface area contributed by atoms with Gasteiger partial charge in [0.25, 0.3) is 0 Å². The van der Waals surface area contributed by atoms with Crippen LogP contribution in [0.2, 0.25) is 0 Å². The second-order valence-corrected chi connectivity index (χ2v) is 15.1. The summed E-state index contributed by atoms with van der Waals surface area (Å²) in [5, 5.41) is 17.6. The Balaban J connectivity index is 1.84. The van der Waals surface area contributed by atoms with E-state index >= 15 is 0 Å². The minimum atomic E-state index is -1.19. The van der Waals surface area contributed by atoms with Crippen molar-refractivity contribution in [3.05, 3.63) is 84.4 Å². The Morgan fingerprint density at radius 3 is 1.73 bits per heavy atom. The molecule has 19 heteroatoms. The predicted molar refractivity (Wildman–Crippen MR) is 221 cm³/mol. The van der Waals surface area contributed by atoms with Gasteiger partial charge in [-0.3, -0.25) is 38.4 Å². The predicted octanol–water partition coefficient (Wildman–Crippen LogP) is -1.24. The van der Waals surface area contributed by atoms with Crippen molar-refractivity contribution < 1.29 is 28.8 Å². The average molecular weight is 818 g/mol. The fourth-order valence-corrected chi connectivity index (χ4v) is 6.09. The topological polar surface area (TPSA) is 310 Å². The van der Waals surface area contributed by atoms with Gasteiger partial charge in [0.15, 0.2) is 5.96 Å². The molecule has 2 aromatic carbocycles.